The fourth-order valence-electron chi connectivity index (χ4n) is 3.37. The number of imidazole rings is 1. The van der Waals surface area contributed by atoms with Crippen molar-refractivity contribution in [1.82, 2.24) is 24.3 Å². The molecular weight excluding hydrogens is 473 g/mol. The predicted molar refractivity (Wildman–Crippen MR) is 119 cm³/mol. The molecule has 0 amide bonds. The number of nitrogens with zero attached hydrogens (tertiary/aromatic N) is 5. The number of benzene rings is 1. The summed E-state index contributed by atoms with van der Waals surface area (Å²) in [6, 6.07) is 8.60. The van der Waals surface area contributed by atoms with Gasteiger partial charge in [-0.1, -0.05) is 29.8 Å². The highest BCUT2D eigenvalue weighted by atomic mass is 35.5. The molecule has 1 aromatic carbocycles. The van der Waals surface area contributed by atoms with E-state index in [0.29, 0.717) is 17.8 Å². The minimum Gasteiger partial charge on any atom is -0.496 e. The maximum absolute atomic E-state index is 12.9. The average Bonchev–Trinajstić information content (AvgIpc) is 3.25. The molecule has 12 heteroatoms. The predicted octanol–water partition coefficient (Wildman–Crippen LogP) is 4.24. The van der Waals surface area contributed by atoms with Gasteiger partial charge < -0.3 is 14.6 Å². The molecular formula is C22H18ClF3N6O2. The second-order valence-corrected chi connectivity index (χ2v) is 7.59. The van der Waals surface area contributed by atoms with Gasteiger partial charge in [-0.25, -0.2) is 9.97 Å². The number of anilines is 1. The normalized spacial score (nSPS) is 12.4. The number of aromatic nitrogens is 5. The lowest BCUT2D eigenvalue weighted by Crippen LogP contribution is -2.25. The van der Waals surface area contributed by atoms with Gasteiger partial charge in [-0.3, -0.25) is 4.79 Å². The Bertz CT molecular complexity index is 1370. The van der Waals surface area contributed by atoms with Crippen LogP contribution < -0.4 is 15.6 Å². The Labute approximate surface area is 196 Å². The van der Waals surface area contributed by atoms with Crippen LogP contribution in [-0.4, -0.2) is 31.4 Å². The summed E-state index contributed by atoms with van der Waals surface area (Å²) in [4.78, 5) is 21.0. The van der Waals surface area contributed by atoms with E-state index < -0.39 is 23.3 Å². The van der Waals surface area contributed by atoms with Gasteiger partial charge in [-0.05, 0) is 18.2 Å². The molecule has 4 aromatic rings. The molecule has 0 saturated heterocycles. The molecule has 1 atom stereocenters. The van der Waals surface area contributed by atoms with Gasteiger partial charge in [0.2, 0.25) is 0 Å². The summed E-state index contributed by atoms with van der Waals surface area (Å²) >= 11 is 6.36. The van der Waals surface area contributed by atoms with Crippen LogP contribution in [0.15, 0.2) is 66.0 Å². The first-order valence-electron chi connectivity index (χ1n) is 9.89. The van der Waals surface area contributed by atoms with E-state index >= 15 is 0 Å². The van der Waals surface area contributed by atoms with E-state index in [1.165, 1.54) is 6.20 Å². The molecule has 0 spiro atoms. The van der Waals surface area contributed by atoms with Crippen molar-refractivity contribution < 1.29 is 17.9 Å². The van der Waals surface area contributed by atoms with Crippen LogP contribution in [0.25, 0.3) is 5.82 Å². The Morgan fingerprint density at radius 1 is 1.12 bits per heavy atom. The monoisotopic (exact) mass is 490 g/mol. The standard InChI is InChI=1S/C22H18ClF3N6O2/c1-31-10-9-27-20(31)19(14-5-3-4-6-16(14)34-2)30-15-12-29-32(21(33)18(15)23)17-8-7-13(11-28-17)22(24,25)26/h3-12,19,30H,1-2H3. The van der Waals surface area contributed by atoms with Gasteiger partial charge in [0.05, 0.1) is 24.6 Å². The lowest BCUT2D eigenvalue weighted by atomic mass is 10.0. The van der Waals surface area contributed by atoms with Crippen molar-refractivity contribution in [2.75, 3.05) is 12.4 Å². The van der Waals surface area contributed by atoms with Gasteiger partial charge in [-0.2, -0.15) is 23.0 Å². The molecule has 4 rings (SSSR count). The number of alkyl halides is 3. The number of hydrogen-bond acceptors (Lipinski definition) is 6. The molecule has 0 saturated carbocycles. The van der Waals surface area contributed by atoms with Gasteiger partial charge in [-0.15, -0.1) is 0 Å². The molecule has 0 aliphatic heterocycles. The Morgan fingerprint density at radius 3 is 2.50 bits per heavy atom. The van der Waals surface area contributed by atoms with Crippen LogP contribution in [0.2, 0.25) is 5.02 Å². The summed E-state index contributed by atoms with van der Waals surface area (Å²) in [6.45, 7) is 0. The molecule has 0 aliphatic carbocycles. The Hall–Kier alpha value is -3.86. The van der Waals surface area contributed by atoms with Gasteiger partial charge in [0.25, 0.3) is 5.56 Å². The van der Waals surface area contributed by atoms with Crippen molar-refractivity contribution in [1.29, 1.82) is 0 Å². The Morgan fingerprint density at radius 2 is 1.88 bits per heavy atom. The molecule has 1 N–H and O–H groups in total. The summed E-state index contributed by atoms with van der Waals surface area (Å²) in [7, 11) is 3.36. The molecule has 0 bridgehead atoms. The minimum atomic E-state index is -4.55. The van der Waals surface area contributed by atoms with Crippen LogP contribution in [0.5, 0.6) is 5.75 Å². The second kappa shape index (κ2) is 9.18. The van der Waals surface area contributed by atoms with E-state index in [4.69, 9.17) is 16.3 Å². The zero-order valence-corrected chi connectivity index (χ0v) is 18.7. The number of pyridine rings is 1. The molecule has 0 aliphatic rings. The van der Waals surface area contributed by atoms with Crippen LogP contribution in [0.4, 0.5) is 18.9 Å². The van der Waals surface area contributed by atoms with Crippen molar-refractivity contribution in [3.05, 3.63) is 93.5 Å². The molecule has 3 heterocycles. The number of methoxy groups -OCH3 is 1. The van der Waals surface area contributed by atoms with Crippen molar-refractivity contribution in [2.24, 2.45) is 7.05 Å². The van der Waals surface area contributed by atoms with E-state index in [-0.39, 0.29) is 16.5 Å². The maximum Gasteiger partial charge on any atom is 0.417 e. The van der Waals surface area contributed by atoms with Crippen LogP contribution in [-0.2, 0) is 13.2 Å². The molecule has 176 valence electrons. The first-order valence-corrected chi connectivity index (χ1v) is 10.3. The molecule has 0 fully saturated rings. The number of hydrogen-bond donors (Lipinski definition) is 1. The Kier molecular flexibility index (Phi) is 6.29. The average molecular weight is 491 g/mol. The lowest BCUT2D eigenvalue weighted by molar-refractivity contribution is -0.137. The quantitative estimate of drug-likeness (QED) is 0.435. The first-order chi connectivity index (χ1) is 16.2. The van der Waals surface area contributed by atoms with E-state index in [9.17, 15) is 18.0 Å². The largest absolute Gasteiger partial charge is 0.496 e. The Balaban J connectivity index is 1.73. The maximum atomic E-state index is 12.9. The third-order valence-electron chi connectivity index (χ3n) is 5.08. The number of rotatable bonds is 6. The summed E-state index contributed by atoms with van der Waals surface area (Å²) < 4.78 is 46.5. The van der Waals surface area contributed by atoms with E-state index in [2.05, 4.69) is 20.4 Å². The van der Waals surface area contributed by atoms with Crippen molar-refractivity contribution in [3.8, 4) is 11.6 Å². The topological polar surface area (TPSA) is 86.9 Å². The first kappa shape index (κ1) is 23.3. The van der Waals surface area contributed by atoms with Crippen LogP contribution in [0.1, 0.15) is 23.0 Å². The fraction of sp³-hybridized carbons (Fsp3) is 0.182. The van der Waals surface area contributed by atoms with Crippen molar-refractivity contribution in [3.63, 3.8) is 0 Å². The molecule has 34 heavy (non-hydrogen) atoms. The highest BCUT2D eigenvalue weighted by molar-refractivity contribution is 6.33. The van der Waals surface area contributed by atoms with E-state index in [1.54, 1.807) is 30.1 Å². The SMILES string of the molecule is COc1ccccc1C(Nc1cnn(-c2ccc(C(F)(F)F)cn2)c(=O)c1Cl)c1nccn1C. The third-order valence-corrected chi connectivity index (χ3v) is 5.44. The molecule has 8 nitrogen and oxygen atoms in total. The molecule has 3 aromatic heterocycles. The van der Waals surface area contributed by atoms with E-state index in [0.717, 1.165) is 22.4 Å². The second-order valence-electron chi connectivity index (χ2n) is 7.21. The summed E-state index contributed by atoms with van der Waals surface area (Å²) in [6.07, 6.45) is 0.783. The summed E-state index contributed by atoms with van der Waals surface area (Å²) in [5, 5.41) is 7.02. The van der Waals surface area contributed by atoms with Crippen molar-refractivity contribution >= 4 is 17.3 Å². The summed E-state index contributed by atoms with van der Waals surface area (Å²) in [5.74, 6) is 1.11. The fourth-order valence-corrected chi connectivity index (χ4v) is 3.56. The number of halogens is 4. The zero-order chi connectivity index (χ0) is 24.5. The van der Waals surface area contributed by atoms with Crippen LogP contribution in [0.3, 0.4) is 0 Å². The number of para-hydroxylation sites is 1. The third kappa shape index (κ3) is 4.46. The number of ether oxygens (including phenoxy) is 1. The van der Waals surface area contributed by atoms with Crippen LogP contribution in [0, 0.1) is 0 Å². The van der Waals surface area contributed by atoms with Gasteiger partial charge >= 0.3 is 6.18 Å². The number of nitrogens with one attached hydrogen (secondary N) is 1. The highest BCUT2D eigenvalue weighted by Gasteiger charge is 2.31. The van der Waals surface area contributed by atoms with Crippen molar-refractivity contribution in [2.45, 2.75) is 12.2 Å². The highest BCUT2D eigenvalue weighted by Crippen LogP contribution is 2.33. The van der Waals surface area contributed by atoms with Gasteiger partial charge in [0.15, 0.2) is 5.82 Å². The molecule has 0 radical (unpaired) electrons. The molecule has 1 unspecified atom stereocenters. The van der Waals surface area contributed by atoms with Gasteiger partial charge in [0, 0.05) is 31.2 Å². The number of aryl methyl sites for hydroxylation is 1. The lowest BCUT2D eigenvalue weighted by Gasteiger charge is -2.22. The summed E-state index contributed by atoms with van der Waals surface area (Å²) in [5.41, 5.74) is -0.751. The van der Waals surface area contributed by atoms with Crippen LogP contribution >= 0.6 is 11.6 Å². The smallest absolute Gasteiger partial charge is 0.417 e. The van der Waals surface area contributed by atoms with E-state index in [1.807, 2.05) is 25.2 Å². The van der Waals surface area contributed by atoms with Gasteiger partial charge in [0.1, 0.15) is 22.6 Å². The zero-order valence-electron chi connectivity index (χ0n) is 17.9. The minimum absolute atomic E-state index is 0.100.